The van der Waals surface area contributed by atoms with Crippen molar-refractivity contribution in [3.05, 3.63) is 60.2 Å². The van der Waals surface area contributed by atoms with Gasteiger partial charge in [0.1, 0.15) is 11.5 Å². The second kappa shape index (κ2) is 5.62. The molecule has 0 fully saturated rings. The predicted octanol–water partition coefficient (Wildman–Crippen LogP) is 2.55. The van der Waals surface area contributed by atoms with Crippen molar-refractivity contribution in [1.29, 1.82) is 5.26 Å². The highest BCUT2D eigenvalue weighted by atomic mass is 16.6. The zero-order chi connectivity index (χ0) is 11.9. The third-order valence-corrected chi connectivity index (χ3v) is 2.07. The van der Waals surface area contributed by atoms with Crippen LogP contribution in [-0.2, 0) is 0 Å². The molecule has 3 nitrogen and oxygen atoms in total. The van der Waals surface area contributed by atoms with Crippen LogP contribution in [0.3, 0.4) is 0 Å². The van der Waals surface area contributed by atoms with Crippen LogP contribution in [0.1, 0.15) is 5.56 Å². The van der Waals surface area contributed by atoms with Crippen LogP contribution in [0.2, 0.25) is 0 Å². The minimum atomic E-state index is 0.551. The molecule has 0 spiro atoms. The van der Waals surface area contributed by atoms with Gasteiger partial charge in [0, 0.05) is 0 Å². The van der Waals surface area contributed by atoms with Crippen molar-refractivity contribution in [2.75, 3.05) is 0 Å². The maximum Gasteiger partial charge on any atom is 0.658 e. The molecule has 0 heterocycles. The van der Waals surface area contributed by atoms with Gasteiger partial charge in [0.2, 0.25) is 0 Å². The van der Waals surface area contributed by atoms with E-state index in [0.717, 1.165) is 0 Å². The van der Waals surface area contributed by atoms with E-state index in [-0.39, 0.29) is 0 Å². The normalized spacial score (nSPS) is 9.12. The van der Waals surface area contributed by atoms with Gasteiger partial charge in [-0.15, -0.1) is 0 Å². The Bertz CT molecular complexity index is 522. The summed E-state index contributed by atoms with van der Waals surface area (Å²) >= 11 is 0. The lowest BCUT2D eigenvalue weighted by atomic mass is 10.2. The molecule has 0 N–H and O–H groups in total. The molecule has 0 bridgehead atoms. The van der Waals surface area contributed by atoms with E-state index in [1.54, 1.807) is 24.3 Å². The topological polar surface area (TPSA) is 42.2 Å². The molecule has 17 heavy (non-hydrogen) atoms. The third kappa shape index (κ3) is 3.28. The SMILES string of the molecule is N#Cc1cccc(O[B]Oc2ccccc2)c1. The minimum absolute atomic E-state index is 0.551. The molecule has 4 heteroatoms. The maximum atomic E-state index is 8.72. The van der Waals surface area contributed by atoms with Crippen molar-refractivity contribution in [2.24, 2.45) is 0 Å². The summed E-state index contributed by atoms with van der Waals surface area (Å²) in [6.07, 6.45) is 0. The van der Waals surface area contributed by atoms with E-state index < -0.39 is 0 Å². The minimum Gasteiger partial charge on any atom is -0.526 e. The highest BCUT2D eigenvalue weighted by Crippen LogP contribution is 2.13. The van der Waals surface area contributed by atoms with Crippen molar-refractivity contribution < 1.29 is 9.31 Å². The zero-order valence-corrected chi connectivity index (χ0v) is 9.04. The van der Waals surface area contributed by atoms with Gasteiger partial charge in [-0.1, -0.05) is 24.3 Å². The first-order valence-electron chi connectivity index (χ1n) is 5.09. The molecular weight excluding hydrogens is 213 g/mol. The third-order valence-electron chi connectivity index (χ3n) is 2.07. The summed E-state index contributed by atoms with van der Waals surface area (Å²) in [4.78, 5) is 0. The van der Waals surface area contributed by atoms with E-state index in [9.17, 15) is 0 Å². The Kier molecular flexibility index (Phi) is 3.66. The lowest BCUT2D eigenvalue weighted by molar-refractivity contribution is 0.459. The van der Waals surface area contributed by atoms with Crippen LogP contribution in [0.4, 0.5) is 0 Å². The number of nitrogens with zero attached hydrogens (tertiary/aromatic N) is 1. The zero-order valence-electron chi connectivity index (χ0n) is 9.04. The van der Waals surface area contributed by atoms with Crippen LogP contribution in [-0.4, -0.2) is 7.69 Å². The number of hydrogen-bond acceptors (Lipinski definition) is 3. The second-order valence-corrected chi connectivity index (χ2v) is 3.28. The van der Waals surface area contributed by atoms with E-state index in [2.05, 4.69) is 0 Å². The van der Waals surface area contributed by atoms with Gasteiger partial charge >= 0.3 is 7.69 Å². The number of para-hydroxylation sites is 1. The van der Waals surface area contributed by atoms with Crippen molar-refractivity contribution in [1.82, 2.24) is 0 Å². The molecule has 0 saturated heterocycles. The average Bonchev–Trinajstić information content (AvgIpc) is 2.40. The second-order valence-electron chi connectivity index (χ2n) is 3.28. The fraction of sp³-hybridized carbons (Fsp3) is 0. The van der Waals surface area contributed by atoms with Crippen LogP contribution >= 0.6 is 0 Å². The maximum absolute atomic E-state index is 8.72. The van der Waals surface area contributed by atoms with E-state index in [1.807, 2.05) is 36.4 Å². The summed E-state index contributed by atoms with van der Waals surface area (Å²) in [5, 5.41) is 8.72. The van der Waals surface area contributed by atoms with Gasteiger partial charge in [0.05, 0.1) is 11.6 Å². The van der Waals surface area contributed by atoms with Crippen LogP contribution in [0.5, 0.6) is 11.5 Å². The summed E-state index contributed by atoms with van der Waals surface area (Å²) in [6.45, 7) is 0. The molecule has 0 amide bonds. The largest absolute Gasteiger partial charge is 0.658 e. The Hall–Kier alpha value is -2.41. The van der Waals surface area contributed by atoms with Crippen LogP contribution in [0, 0.1) is 11.3 Å². The molecule has 0 aliphatic heterocycles. The van der Waals surface area contributed by atoms with Gasteiger partial charge in [0.25, 0.3) is 0 Å². The summed E-state index contributed by atoms with van der Waals surface area (Å²) in [5.41, 5.74) is 0.551. The van der Waals surface area contributed by atoms with Crippen molar-refractivity contribution in [2.45, 2.75) is 0 Å². The standard InChI is InChI=1S/C13H9BNO2/c15-10-11-5-4-8-13(9-11)17-14-16-12-6-2-1-3-7-12/h1-9H. The Morgan fingerprint density at radius 2 is 1.59 bits per heavy atom. The quantitative estimate of drug-likeness (QED) is 0.746. The summed E-state index contributed by atoms with van der Waals surface area (Å²) in [7, 11) is 1.24. The number of hydrogen-bond donors (Lipinski definition) is 0. The summed E-state index contributed by atoms with van der Waals surface area (Å²) in [5.74, 6) is 1.27. The van der Waals surface area contributed by atoms with E-state index in [1.165, 1.54) is 7.69 Å². The lowest BCUT2D eigenvalue weighted by Crippen LogP contribution is -2.10. The van der Waals surface area contributed by atoms with Crippen molar-refractivity contribution >= 4 is 7.69 Å². The summed E-state index contributed by atoms with van der Waals surface area (Å²) in [6, 6.07) is 18.2. The molecule has 2 aromatic carbocycles. The Morgan fingerprint density at radius 3 is 2.35 bits per heavy atom. The first-order chi connectivity index (χ1) is 8.38. The van der Waals surface area contributed by atoms with Gasteiger partial charge in [-0.3, -0.25) is 0 Å². The summed E-state index contributed by atoms with van der Waals surface area (Å²) < 4.78 is 10.5. The van der Waals surface area contributed by atoms with Gasteiger partial charge in [0.15, 0.2) is 0 Å². The number of nitriles is 1. The molecule has 2 rings (SSSR count). The van der Waals surface area contributed by atoms with E-state index >= 15 is 0 Å². The lowest BCUT2D eigenvalue weighted by Gasteiger charge is -2.06. The molecule has 81 valence electrons. The Balaban J connectivity index is 1.88. The van der Waals surface area contributed by atoms with Crippen LogP contribution in [0.25, 0.3) is 0 Å². The highest BCUT2D eigenvalue weighted by molar-refractivity contribution is 6.20. The van der Waals surface area contributed by atoms with Crippen molar-refractivity contribution in [3.63, 3.8) is 0 Å². The molecule has 0 aliphatic rings. The van der Waals surface area contributed by atoms with Gasteiger partial charge in [-0.2, -0.15) is 5.26 Å². The molecule has 0 unspecified atom stereocenters. The Labute approximate surface area is 101 Å². The molecule has 0 saturated carbocycles. The fourth-order valence-corrected chi connectivity index (χ4v) is 1.27. The van der Waals surface area contributed by atoms with E-state index in [0.29, 0.717) is 17.1 Å². The molecule has 0 aliphatic carbocycles. The Morgan fingerprint density at radius 1 is 0.882 bits per heavy atom. The first kappa shape index (κ1) is 11.1. The number of rotatable bonds is 4. The van der Waals surface area contributed by atoms with Crippen LogP contribution < -0.4 is 9.31 Å². The molecule has 0 aromatic heterocycles. The monoisotopic (exact) mass is 222 g/mol. The smallest absolute Gasteiger partial charge is 0.526 e. The molecular formula is C13H9BNO2. The molecule has 0 atom stereocenters. The van der Waals surface area contributed by atoms with E-state index in [4.69, 9.17) is 14.6 Å². The van der Waals surface area contributed by atoms with Crippen molar-refractivity contribution in [3.8, 4) is 17.6 Å². The molecule has 2 aromatic rings. The number of benzene rings is 2. The fourth-order valence-electron chi connectivity index (χ4n) is 1.27. The predicted molar refractivity (Wildman–Crippen MR) is 64.6 cm³/mol. The average molecular weight is 222 g/mol. The molecule has 1 radical (unpaired) electrons. The highest BCUT2D eigenvalue weighted by Gasteiger charge is 2.01. The van der Waals surface area contributed by atoms with Gasteiger partial charge in [-0.25, -0.2) is 0 Å². The van der Waals surface area contributed by atoms with Crippen LogP contribution in [0.15, 0.2) is 54.6 Å². The van der Waals surface area contributed by atoms with Gasteiger partial charge in [-0.05, 0) is 30.3 Å². The first-order valence-corrected chi connectivity index (χ1v) is 5.09. The van der Waals surface area contributed by atoms with Gasteiger partial charge < -0.3 is 9.31 Å².